The van der Waals surface area contributed by atoms with Crippen LogP contribution in [0, 0.1) is 5.92 Å². The monoisotopic (exact) mass is 278 g/mol. The number of hydrogen-bond acceptors (Lipinski definition) is 4. The first kappa shape index (κ1) is 14.8. The van der Waals surface area contributed by atoms with Crippen molar-refractivity contribution in [3.8, 4) is 5.88 Å². The molecule has 110 valence electrons. The van der Waals surface area contributed by atoms with Crippen molar-refractivity contribution in [2.75, 3.05) is 19.8 Å². The molecule has 1 aliphatic rings. The summed E-state index contributed by atoms with van der Waals surface area (Å²) in [6.07, 6.45) is 3.49. The number of carbonyl (C=O) groups is 1. The summed E-state index contributed by atoms with van der Waals surface area (Å²) in [7, 11) is 0. The van der Waals surface area contributed by atoms with Gasteiger partial charge < -0.3 is 14.8 Å². The van der Waals surface area contributed by atoms with Crippen LogP contribution in [0.5, 0.6) is 5.88 Å². The Morgan fingerprint density at radius 3 is 3.00 bits per heavy atom. The Hall–Kier alpha value is -1.62. The van der Waals surface area contributed by atoms with Gasteiger partial charge in [-0.15, -0.1) is 0 Å². The molecule has 1 N–H and O–H groups in total. The first-order valence-corrected chi connectivity index (χ1v) is 7.14. The smallest absolute Gasteiger partial charge is 0.252 e. The number of nitrogens with one attached hydrogen (secondary N) is 1. The van der Waals surface area contributed by atoms with E-state index in [4.69, 9.17) is 9.47 Å². The highest BCUT2D eigenvalue weighted by molar-refractivity contribution is 5.93. The number of carbonyl (C=O) groups excluding carboxylic acids is 1. The van der Waals surface area contributed by atoms with E-state index in [1.54, 1.807) is 18.3 Å². The van der Waals surface area contributed by atoms with Gasteiger partial charge in [-0.2, -0.15) is 0 Å². The van der Waals surface area contributed by atoms with Gasteiger partial charge >= 0.3 is 0 Å². The molecule has 1 aromatic rings. The normalized spacial score (nSPS) is 18.2. The van der Waals surface area contributed by atoms with Gasteiger partial charge in [0.25, 0.3) is 5.91 Å². The van der Waals surface area contributed by atoms with Crippen LogP contribution in [0.15, 0.2) is 18.3 Å². The van der Waals surface area contributed by atoms with Gasteiger partial charge in [0, 0.05) is 25.2 Å². The summed E-state index contributed by atoms with van der Waals surface area (Å²) in [4.78, 5) is 16.0. The fourth-order valence-electron chi connectivity index (χ4n) is 1.94. The number of aromatic nitrogens is 1. The standard InChI is InChI=1S/C15H22N2O3/c1-11(2)5-7-16-15(18)12-3-4-14(17-9-12)20-13-6-8-19-10-13/h3-4,9,11,13H,5-8,10H2,1-2H3,(H,16,18). The highest BCUT2D eigenvalue weighted by Gasteiger charge is 2.17. The molecular formula is C15H22N2O3. The predicted molar refractivity (Wildman–Crippen MR) is 75.9 cm³/mol. The lowest BCUT2D eigenvalue weighted by Crippen LogP contribution is -2.25. The van der Waals surface area contributed by atoms with Crippen molar-refractivity contribution in [2.45, 2.75) is 32.8 Å². The molecule has 2 heterocycles. The Morgan fingerprint density at radius 1 is 1.55 bits per heavy atom. The number of rotatable bonds is 6. The van der Waals surface area contributed by atoms with Crippen LogP contribution in [-0.2, 0) is 4.74 Å². The molecule has 1 fully saturated rings. The van der Waals surface area contributed by atoms with E-state index >= 15 is 0 Å². The van der Waals surface area contributed by atoms with Gasteiger partial charge in [0.15, 0.2) is 0 Å². The molecule has 5 nitrogen and oxygen atoms in total. The van der Waals surface area contributed by atoms with Gasteiger partial charge in [0.1, 0.15) is 6.10 Å². The highest BCUT2D eigenvalue weighted by Crippen LogP contribution is 2.14. The molecule has 1 aliphatic heterocycles. The lowest BCUT2D eigenvalue weighted by Gasteiger charge is -2.11. The van der Waals surface area contributed by atoms with E-state index in [1.807, 2.05) is 0 Å². The van der Waals surface area contributed by atoms with E-state index in [-0.39, 0.29) is 12.0 Å². The van der Waals surface area contributed by atoms with Gasteiger partial charge in [-0.25, -0.2) is 4.98 Å². The summed E-state index contributed by atoms with van der Waals surface area (Å²) in [6.45, 7) is 6.30. The summed E-state index contributed by atoms with van der Waals surface area (Å²) >= 11 is 0. The van der Waals surface area contributed by atoms with Crippen LogP contribution in [0.25, 0.3) is 0 Å². The molecule has 1 aromatic heterocycles. The van der Waals surface area contributed by atoms with Crippen molar-refractivity contribution in [2.24, 2.45) is 5.92 Å². The summed E-state index contributed by atoms with van der Waals surface area (Å²) in [5.41, 5.74) is 0.559. The van der Waals surface area contributed by atoms with Crippen molar-refractivity contribution < 1.29 is 14.3 Å². The van der Waals surface area contributed by atoms with Crippen molar-refractivity contribution >= 4 is 5.91 Å². The van der Waals surface area contributed by atoms with E-state index in [1.165, 1.54) is 0 Å². The van der Waals surface area contributed by atoms with Crippen LogP contribution >= 0.6 is 0 Å². The van der Waals surface area contributed by atoms with Crippen LogP contribution < -0.4 is 10.1 Å². The van der Waals surface area contributed by atoms with Gasteiger partial charge in [0.05, 0.1) is 18.8 Å². The van der Waals surface area contributed by atoms with E-state index in [2.05, 4.69) is 24.1 Å². The minimum atomic E-state index is -0.0890. The third-order valence-corrected chi connectivity index (χ3v) is 3.18. The lowest BCUT2D eigenvalue weighted by atomic mass is 10.1. The Kier molecular flexibility index (Phi) is 5.35. The Bertz CT molecular complexity index is 425. The Labute approximate surface area is 119 Å². The molecule has 5 heteroatoms. The van der Waals surface area contributed by atoms with Crippen molar-refractivity contribution in [1.29, 1.82) is 0 Å². The van der Waals surface area contributed by atoms with Crippen LogP contribution in [0.2, 0.25) is 0 Å². The summed E-state index contributed by atoms with van der Waals surface area (Å²) in [5.74, 6) is 1.03. The average Bonchev–Trinajstić information content (AvgIpc) is 2.92. The number of pyridine rings is 1. The molecule has 0 aromatic carbocycles. The molecule has 0 radical (unpaired) electrons. The number of amides is 1. The van der Waals surface area contributed by atoms with E-state index in [9.17, 15) is 4.79 Å². The minimum Gasteiger partial charge on any atom is -0.472 e. The Balaban J connectivity index is 1.82. The van der Waals surface area contributed by atoms with Gasteiger partial charge in [-0.05, 0) is 18.4 Å². The minimum absolute atomic E-state index is 0.0771. The molecule has 0 aliphatic carbocycles. The quantitative estimate of drug-likeness (QED) is 0.865. The van der Waals surface area contributed by atoms with E-state index < -0.39 is 0 Å². The number of nitrogens with zero attached hydrogens (tertiary/aromatic N) is 1. The maximum atomic E-state index is 11.9. The van der Waals surface area contributed by atoms with Crippen LogP contribution in [0.1, 0.15) is 37.0 Å². The van der Waals surface area contributed by atoms with E-state index in [0.717, 1.165) is 19.4 Å². The zero-order chi connectivity index (χ0) is 14.4. The van der Waals surface area contributed by atoms with Gasteiger partial charge in [0.2, 0.25) is 5.88 Å². The summed E-state index contributed by atoms with van der Waals surface area (Å²) < 4.78 is 10.9. The molecule has 0 saturated carbocycles. The van der Waals surface area contributed by atoms with Crippen LogP contribution in [-0.4, -0.2) is 36.8 Å². The Morgan fingerprint density at radius 2 is 2.40 bits per heavy atom. The SMILES string of the molecule is CC(C)CCNC(=O)c1ccc(OC2CCOC2)nc1. The van der Waals surface area contributed by atoms with Crippen LogP contribution in [0.4, 0.5) is 0 Å². The molecule has 0 bridgehead atoms. The van der Waals surface area contributed by atoms with Crippen molar-refractivity contribution in [3.05, 3.63) is 23.9 Å². The van der Waals surface area contributed by atoms with Gasteiger partial charge in [-0.3, -0.25) is 4.79 Å². The first-order valence-electron chi connectivity index (χ1n) is 7.14. The van der Waals surface area contributed by atoms with Crippen LogP contribution in [0.3, 0.4) is 0 Å². The summed E-state index contributed by atoms with van der Waals surface area (Å²) in [6, 6.07) is 3.47. The molecule has 1 unspecified atom stereocenters. The third kappa shape index (κ3) is 4.49. The second-order valence-electron chi connectivity index (χ2n) is 5.43. The zero-order valence-electron chi connectivity index (χ0n) is 12.1. The topological polar surface area (TPSA) is 60.5 Å². The molecular weight excluding hydrogens is 256 g/mol. The number of hydrogen-bond donors (Lipinski definition) is 1. The first-order chi connectivity index (χ1) is 9.65. The fraction of sp³-hybridized carbons (Fsp3) is 0.600. The maximum Gasteiger partial charge on any atom is 0.252 e. The lowest BCUT2D eigenvalue weighted by molar-refractivity contribution is 0.0951. The van der Waals surface area contributed by atoms with E-state index in [0.29, 0.717) is 30.5 Å². The molecule has 0 spiro atoms. The van der Waals surface area contributed by atoms with Gasteiger partial charge in [-0.1, -0.05) is 13.8 Å². The maximum absolute atomic E-state index is 11.9. The second kappa shape index (κ2) is 7.24. The molecule has 20 heavy (non-hydrogen) atoms. The predicted octanol–water partition coefficient (Wildman–Crippen LogP) is 2.03. The molecule has 2 rings (SSSR count). The molecule has 1 atom stereocenters. The number of ether oxygens (including phenoxy) is 2. The fourth-order valence-corrected chi connectivity index (χ4v) is 1.94. The third-order valence-electron chi connectivity index (χ3n) is 3.18. The second-order valence-corrected chi connectivity index (χ2v) is 5.43. The molecule has 1 amide bonds. The highest BCUT2D eigenvalue weighted by atomic mass is 16.5. The van der Waals surface area contributed by atoms with Crippen molar-refractivity contribution in [3.63, 3.8) is 0 Å². The largest absolute Gasteiger partial charge is 0.472 e. The summed E-state index contributed by atoms with van der Waals surface area (Å²) in [5, 5.41) is 2.88. The average molecular weight is 278 g/mol. The zero-order valence-corrected chi connectivity index (χ0v) is 12.1. The van der Waals surface area contributed by atoms with Crippen molar-refractivity contribution in [1.82, 2.24) is 10.3 Å². The molecule has 1 saturated heterocycles.